The minimum absolute atomic E-state index is 0.158. The van der Waals surface area contributed by atoms with E-state index in [1.807, 2.05) is 54.0 Å². The second-order valence-electron chi connectivity index (χ2n) is 9.52. The highest BCUT2D eigenvalue weighted by molar-refractivity contribution is 7.00. The number of carbonyl (C=O) groups excluding carboxylic acids is 2. The van der Waals surface area contributed by atoms with Crippen LogP contribution in [0.15, 0.2) is 97.6 Å². The third-order valence-electron chi connectivity index (χ3n) is 7.25. The lowest BCUT2D eigenvalue weighted by Gasteiger charge is -2.23. The fourth-order valence-corrected chi connectivity index (χ4v) is 9.11. The Kier molecular flexibility index (Phi) is 13.9. The van der Waals surface area contributed by atoms with Crippen molar-refractivity contribution in [2.24, 2.45) is 0 Å². The second-order valence-corrected chi connectivity index (χ2v) is 17.9. The van der Waals surface area contributed by atoms with Crippen LogP contribution in [0.4, 0.5) is 0 Å². The first-order chi connectivity index (χ1) is 19.8. The first-order valence-electron chi connectivity index (χ1n) is 13.9. The van der Waals surface area contributed by atoms with Gasteiger partial charge < -0.3 is 4.74 Å². The smallest absolute Gasteiger partial charge is 0.373 e. The van der Waals surface area contributed by atoms with Gasteiger partial charge in [0.2, 0.25) is 6.29 Å². The first-order valence-corrected chi connectivity index (χ1v) is 18.6. The van der Waals surface area contributed by atoms with Crippen molar-refractivity contribution < 1.29 is 33.9 Å². The van der Waals surface area contributed by atoms with Crippen LogP contribution in [-0.2, 0) is 24.3 Å². The summed E-state index contributed by atoms with van der Waals surface area (Å²) in [5.41, 5.74) is 8.47. The van der Waals surface area contributed by atoms with Gasteiger partial charge in [0.15, 0.2) is 0 Å². The molecule has 41 heavy (non-hydrogen) atoms. The van der Waals surface area contributed by atoms with Gasteiger partial charge in [0.05, 0.1) is 17.7 Å². The monoisotopic (exact) mass is 594 g/mol. The van der Waals surface area contributed by atoms with E-state index in [2.05, 4.69) is 40.2 Å². The van der Waals surface area contributed by atoms with Crippen molar-refractivity contribution in [1.29, 1.82) is 0 Å². The molecule has 2 aromatic carbocycles. The summed E-state index contributed by atoms with van der Waals surface area (Å²) < 4.78 is 5.48. The summed E-state index contributed by atoms with van der Waals surface area (Å²) >= 11 is 0. The Morgan fingerprint density at radius 1 is 0.683 bits per heavy atom. The number of ether oxygens (including phenoxy) is 1. The molecular formula is C32H42O7Si2. The molecule has 0 aliphatic carbocycles. The molecule has 0 saturated carbocycles. The number of hydrogen-bond acceptors (Lipinski definition) is 7. The SMILES string of the molecule is C=C[Si](C=C)(CC)c1ccc(C(=O)OOC(CCOCCC)OOC(=O)c2ccc([Si](C=C)(C=C)CC)cc2)cc1. The highest BCUT2D eigenvalue weighted by Gasteiger charge is 2.28. The minimum Gasteiger partial charge on any atom is -0.381 e. The normalized spacial score (nSPS) is 11.5. The van der Waals surface area contributed by atoms with E-state index in [9.17, 15) is 9.59 Å². The van der Waals surface area contributed by atoms with Gasteiger partial charge in [-0.1, -0.05) is 78.2 Å². The van der Waals surface area contributed by atoms with Crippen LogP contribution in [0.25, 0.3) is 0 Å². The molecule has 2 rings (SSSR count). The highest BCUT2D eigenvalue weighted by atomic mass is 28.3. The van der Waals surface area contributed by atoms with E-state index in [0.717, 1.165) is 28.9 Å². The van der Waals surface area contributed by atoms with Gasteiger partial charge in [0, 0.05) is 13.0 Å². The zero-order valence-electron chi connectivity index (χ0n) is 24.4. The molecule has 0 aromatic heterocycles. The van der Waals surface area contributed by atoms with Crippen LogP contribution in [-0.4, -0.2) is 47.6 Å². The van der Waals surface area contributed by atoms with E-state index < -0.39 is 34.4 Å². The lowest BCUT2D eigenvalue weighted by atomic mass is 10.2. The molecule has 9 heteroatoms. The Labute approximate surface area is 246 Å². The number of rotatable bonds is 19. The van der Waals surface area contributed by atoms with Crippen molar-refractivity contribution in [1.82, 2.24) is 0 Å². The minimum atomic E-state index is -2.02. The van der Waals surface area contributed by atoms with Gasteiger partial charge in [0.1, 0.15) is 16.1 Å². The Morgan fingerprint density at radius 2 is 1.07 bits per heavy atom. The number of carbonyl (C=O) groups is 2. The lowest BCUT2D eigenvalue weighted by Crippen LogP contribution is -2.43. The molecule has 220 valence electrons. The molecule has 7 nitrogen and oxygen atoms in total. The van der Waals surface area contributed by atoms with Gasteiger partial charge in [-0.2, -0.15) is 0 Å². The van der Waals surface area contributed by atoms with E-state index >= 15 is 0 Å². The van der Waals surface area contributed by atoms with Crippen molar-refractivity contribution >= 4 is 38.5 Å². The van der Waals surface area contributed by atoms with Crippen LogP contribution in [0, 0.1) is 0 Å². The molecule has 2 aromatic rings. The third-order valence-corrected chi connectivity index (χ3v) is 15.3. The molecule has 0 spiro atoms. The topological polar surface area (TPSA) is 80.3 Å². The standard InChI is InChI=1S/C32H42O7Si2/c1-8-24-35-25-23-30(36-38-31(33)26-15-19-28(20-16-26)40(9-2,10-3)11-4)37-39-32(34)27-17-21-29(22-18-27)41(12-5,13-6)14-7/h9-10,12-13,15-22,30H,2-3,5-6,8,11,14,23-25H2,1,4,7H3. The molecule has 0 radical (unpaired) electrons. The third kappa shape index (κ3) is 8.82. The summed E-state index contributed by atoms with van der Waals surface area (Å²) in [6.07, 6.45) is -0.200. The summed E-state index contributed by atoms with van der Waals surface area (Å²) in [6, 6.07) is 16.0. The maximum Gasteiger partial charge on any atom is 0.373 e. The average Bonchev–Trinajstić information content (AvgIpc) is 3.02. The molecule has 0 N–H and O–H groups in total. The molecule has 0 unspecified atom stereocenters. The molecular weight excluding hydrogens is 553 g/mol. The zero-order valence-corrected chi connectivity index (χ0v) is 26.4. The van der Waals surface area contributed by atoms with Crippen molar-refractivity contribution in [3.05, 3.63) is 109 Å². The Hall–Kier alpha value is -3.35. The zero-order chi connectivity index (χ0) is 30.3. The summed E-state index contributed by atoms with van der Waals surface area (Å²) in [5, 5.41) is 2.18. The predicted octanol–water partition coefficient (Wildman–Crippen LogP) is 5.96. The molecule has 0 heterocycles. The Bertz CT molecular complexity index is 1070. The maximum atomic E-state index is 12.7. The van der Waals surface area contributed by atoms with E-state index in [1.165, 1.54) is 0 Å². The summed E-state index contributed by atoms with van der Waals surface area (Å²) in [5.74, 6) is -1.42. The van der Waals surface area contributed by atoms with Crippen LogP contribution in [0.5, 0.6) is 0 Å². The van der Waals surface area contributed by atoms with Gasteiger partial charge in [-0.05, 0) is 42.8 Å². The Morgan fingerprint density at radius 3 is 1.39 bits per heavy atom. The predicted molar refractivity (Wildman–Crippen MR) is 168 cm³/mol. The van der Waals surface area contributed by atoms with Gasteiger partial charge in [-0.25, -0.2) is 9.59 Å². The maximum absolute atomic E-state index is 12.7. The van der Waals surface area contributed by atoms with Crippen LogP contribution in [0.1, 0.15) is 54.3 Å². The quantitative estimate of drug-likeness (QED) is 0.0653. The number of benzene rings is 2. The fourth-order valence-electron chi connectivity index (χ4n) is 4.29. The molecule has 0 fully saturated rings. The molecule has 0 aliphatic rings. The largest absolute Gasteiger partial charge is 0.381 e. The van der Waals surface area contributed by atoms with Crippen LogP contribution < -0.4 is 10.4 Å². The Balaban J connectivity index is 2.04. The van der Waals surface area contributed by atoms with Crippen LogP contribution in [0.2, 0.25) is 12.1 Å². The van der Waals surface area contributed by atoms with Gasteiger partial charge in [-0.3, -0.25) is 9.78 Å². The van der Waals surface area contributed by atoms with E-state index in [4.69, 9.17) is 24.3 Å². The lowest BCUT2D eigenvalue weighted by molar-refractivity contribution is -0.422. The van der Waals surface area contributed by atoms with Crippen LogP contribution >= 0.6 is 0 Å². The fraction of sp³-hybridized carbons (Fsp3) is 0.312. The van der Waals surface area contributed by atoms with Crippen molar-refractivity contribution in [3.8, 4) is 0 Å². The van der Waals surface area contributed by atoms with E-state index in [0.29, 0.717) is 17.7 Å². The van der Waals surface area contributed by atoms with Gasteiger partial charge in [0.25, 0.3) is 0 Å². The summed E-state index contributed by atoms with van der Waals surface area (Å²) in [7, 11) is -4.05. The van der Waals surface area contributed by atoms with Crippen LogP contribution in [0.3, 0.4) is 0 Å². The van der Waals surface area contributed by atoms with E-state index in [1.54, 1.807) is 24.3 Å². The molecule has 0 aliphatic heterocycles. The van der Waals surface area contributed by atoms with Gasteiger partial charge in [-0.15, -0.1) is 36.1 Å². The highest BCUT2D eigenvalue weighted by Crippen LogP contribution is 2.16. The number of hydrogen-bond donors (Lipinski definition) is 0. The second kappa shape index (κ2) is 16.8. The van der Waals surface area contributed by atoms with Crippen molar-refractivity contribution in [2.75, 3.05) is 13.2 Å². The summed E-state index contributed by atoms with van der Waals surface area (Å²) in [4.78, 5) is 45.8. The van der Waals surface area contributed by atoms with Crippen molar-refractivity contribution in [2.45, 2.75) is 52.0 Å². The molecule has 0 atom stereocenters. The molecule has 0 bridgehead atoms. The average molecular weight is 595 g/mol. The van der Waals surface area contributed by atoms with Crippen molar-refractivity contribution in [3.63, 3.8) is 0 Å². The van der Waals surface area contributed by atoms with Gasteiger partial charge >= 0.3 is 11.9 Å². The summed E-state index contributed by atoms with van der Waals surface area (Å²) in [6.45, 7) is 22.9. The molecule has 0 amide bonds. The van der Waals surface area contributed by atoms with E-state index in [-0.39, 0.29) is 13.0 Å². The molecule has 0 saturated heterocycles. The first kappa shape index (κ1) is 33.9.